The lowest BCUT2D eigenvalue weighted by atomic mass is 9.94. The van der Waals surface area contributed by atoms with Gasteiger partial charge in [0, 0.05) is 28.6 Å². The van der Waals surface area contributed by atoms with Gasteiger partial charge in [-0.1, -0.05) is 17.7 Å². The van der Waals surface area contributed by atoms with Crippen molar-refractivity contribution in [1.82, 2.24) is 19.5 Å². The highest BCUT2D eigenvalue weighted by Crippen LogP contribution is 2.29. The van der Waals surface area contributed by atoms with Gasteiger partial charge in [0.15, 0.2) is 0 Å². The van der Waals surface area contributed by atoms with E-state index >= 15 is 0 Å². The Bertz CT molecular complexity index is 1140. The van der Waals surface area contributed by atoms with Gasteiger partial charge in [0.05, 0.1) is 25.0 Å². The molecule has 0 spiro atoms. The van der Waals surface area contributed by atoms with E-state index in [1.165, 1.54) is 0 Å². The van der Waals surface area contributed by atoms with Crippen LogP contribution in [0.25, 0.3) is 10.2 Å². The van der Waals surface area contributed by atoms with Crippen molar-refractivity contribution in [1.29, 1.82) is 0 Å². The molecule has 7 nitrogen and oxygen atoms in total. The maximum atomic E-state index is 11.4. The van der Waals surface area contributed by atoms with Crippen LogP contribution in [0.5, 0.6) is 0 Å². The second-order valence-electron chi connectivity index (χ2n) is 6.38. The van der Waals surface area contributed by atoms with Gasteiger partial charge in [-0.3, -0.25) is 4.79 Å². The Labute approximate surface area is 169 Å². The van der Waals surface area contributed by atoms with E-state index in [9.17, 15) is 9.90 Å². The van der Waals surface area contributed by atoms with Crippen LogP contribution in [0.1, 0.15) is 28.5 Å². The van der Waals surface area contributed by atoms with E-state index < -0.39 is 11.9 Å². The molecule has 0 aliphatic carbocycles. The Morgan fingerprint density at radius 3 is 2.89 bits per heavy atom. The molecular weight excluding hydrogens is 398 g/mol. The topological polar surface area (TPSA) is 107 Å². The molecule has 0 fully saturated rings. The number of aliphatic carboxylic acids is 1. The second-order valence-corrected chi connectivity index (χ2v) is 7.88. The van der Waals surface area contributed by atoms with Crippen molar-refractivity contribution in [2.45, 2.75) is 18.9 Å². The molecule has 28 heavy (non-hydrogen) atoms. The average molecular weight is 414 g/mol. The number of carboxylic acids is 1. The van der Waals surface area contributed by atoms with E-state index in [-0.39, 0.29) is 6.42 Å². The summed E-state index contributed by atoms with van der Waals surface area (Å²) in [5.74, 6) is -0.902. The number of halogens is 1. The molecular formula is C19H16ClN5O2S. The molecule has 0 saturated carbocycles. The van der Waals surface area contributed by atoms with Crippen LogP contribution >= 0.6 is 22.9 Å². The van der Waals surface area contributed by atoms with Crippen LogP contribution in [0, 0.1) is 0 Å². The van der Waals surface area contributed by atoms with Crippen LogP contribution in [0.15, 0.2) is 49.1 Å². The molecule has 0 aromatic carbocycles. The Kier molecular flexibility index (Phi) is 4.97. The van der Waals surface area contributed by atoms with E-state index in [4.69, 9.17) is 17.3 Å². The number of anilines is 1. The van der Waals surface area contributed by atoms with Crippen molar-refractivity contribution in [3.63, 3.8) is 0 Å². The number of pyridine rings is 2. The SMILES string of the molecule is Nc1ccc(C(CC(=O)O)c2cn(Cc3cc4ccc(Cl)nc4s3)cn2)cn1. The number of hydrogen-bond donors (Lipinski definition) is 2. The minimum absolute atomic E-state index is 0.0755. The first-order chi connectivity index (χ1) is 13.5. The van der Waals surface area contributed by atoms with Crippen molar-refractivity contribution in [3.8, 4) is 0 Å². The summed E-state index contributed by atoms with van der Waals surface area (Å²) in [4.78, 5) is 26.2. The van der Waals surface area contributed by atoms with Crippen molar-refractivity contribution in [3.05, 3.63) is 70.3 Å². The van der Waals surface area contributed by atoms with Crippen molar-refractivity contribution in [2.75, 3.05) is 5.73 Å². The number of hydrogen-bond acceptors (Lipinski definition) is 6. The summed E-state index contributed by atoms with van der Waals surface area (Å²) < 4.78 is 1.93. The molecule has 0 aliphatic heterocycles. The molecule has 0 radical (unpaired) electrons. The molecule has 3 N–H and O–H groups in total. The van der Waals surface area contributed by atoms with Gasteiger partial charge in [-0.05, 0) is 29.8 Å². The fraction of sp³-hybridized carbons (Fsp3) is 0.158. The number of thiophene rings is 1. The molecule has 0 amide bonds. The number of rotatable bonds is 6. The third kappa shape index (κ3) is 3.97. The van der Waals surface area contributed by atoms with Crippen molar-refractivity contribution < 1.29 is 9.90 Å². The highest BCUT2D eigenvalue weighted by atomic mass is 35.5. The van der Waals surface area contributed by atoms with Crippen molar-refractivity contribution >= 4 is 44.9 Å². The monoisotopic (exact) mass is 413 g/mol. The van der Waals surface area contributed by atoms with E-state index in [2.05, 4.69) is 21.0 Å². The standard InChI is InChI=1S/C19H16ClN5O2S/c20-16-3-1-11-5-13(28-19(11)24-16)8-25-9-15(23-10-25)14(6-18(26)27)12-2-4-17(21)22-7-12/h1-5,7,9-10,14H,6,8H2,(H2,21,22)(H,26,27). The number of imidazole rings is 1. The molecule has 4 rings (SSSR count). The van der Waals surface area contributed by atoms with Gasteiger partial charge in [-0.2, -0.15) is 0 Å². The predicted molar refractivity (Wildman–Crippen MR) is 109 cm³/mol. The molecule has 0 bridgehead atoms. The fourth-order valence-corrected chi connectivity index (χ4v) is 4.27. The van der Waals surface area contributed by atoms with E-state index in [0.717, 1.165) is 20.7 Å². The summed E-state index contributed by atoms with van der Waals surface area (Å²) in [6.45, 7) is 0.616. The van der Waals surface area contributed by atoms with E-state index in [0.29, 0.717) is 23.2 Å². The number of aromatic nitrogens is 4. The molecule has 4 aromatic rings. The Balaban J connectivity index is 1.59. The summed E-state index contributed by atoms with van der Waals surface area (Å²) in [7, 11) is 0. The van der Waals surface area contributed by atoms with Gasteiger partial charge in [0.1, 0.15) is 15.8 Å². The first-order valence-corrected chi connectivity index (χ1v) is 9.67. The molecule has 4 heterocycles. The highest BCUT2D eigenvalue weighted by Gasteiger charge is 2.21. The van der Waals surface area contributed by atoms with E-state index in [1.807, 2.05) is 16.8 Å². The Morgan fingerprint density at radius 2 is 2.14 bits per heavy atom. The van der Waals surface area contributed by atoms with Gasteiger partial charge < -0.3 is 15.4 Å². The Morgan fingerprint density at radius 1 is 1.29 bits per heavy atom. The van der Waals surface area contributed by atoms with E-state index in [1.54, 1.807) is 42.1 Å². The minimum Gasteiger partial charge on any atom is -0.481 e. The van der Waals surface area contributed by atoms with Crippen LogP contribution in [0.2, 0.25) is 5.15 Å². The molecule has 4 aromatic heterocycles. The predicted octanol–water partition coefficient (Wildman–Crippen LogP) is 3.78. The summed E-state index contributed by atoms with van der Waals surface area (Å²) in [6, 6.07) is 9.24. The van der Waals surface area contributed by atoms with Crippen LogP contribution < -0.4 is 5.73 Å². The van der Waals surface area contributed by atoms with Gasteiger partial charge in [-0.15, -0.1) is 11.3 Å². The zero-order chi connectivity index (χ0) is 19.7. The third-order valence-corrected chi connectivity index (χ3v) is 5.58. The first kappa shape index (κ1) is 18.4. The average Bonchev–Trinajstić information content (AvgIpc) is 3.26. The number of nitrogens with zero attached hydrogens (tertiary/aromatic N) is 4. The smallest absolute Gasteiger partial charge is 0.304 e. The summed E-state index contributed by atoms with van der Waals surface area (Å²) >= 11 is 7.53. The second kappa shape index (κ2) is 7.57. The number of nitrogens with two attached hydrogens (primary N) is 1. The minimum atomic E-state index is -0.899. The molecule has 9 heteroatoms. The molecule has 1 unspecified atom stereocenters. The molecule has 142 valence electrons. The third-order valence-electron chi connectivity index (χ3n) is 4.34. The van der Waals surface area contributed by atoms with Gasteiger partial charge in [-0.25, -0.2) is 15.0 Å². The fourth-order valence-electron chi connectivity index (χ4n) is 3.04. The lowest BCUT2D eigenvalue weighted by Crippen LogP contribution is -2.09. The molecule has 0 saturated heterocycles. The maximum absolute atomic E-state index is 11.4. The zero-order valence-corrected chi connectivity index (χ0v) is 16.2. The normalized spacial score (nSPS) is 12.3. The molecule has 0 aliphatic rings. The zero-order valence-electron chi connectivity index (χ0n) is 14.6. The lowest BCUT2D eigenvalue weighted by Gasteiger charge is -2.12. The first-order valence-electron chi connectivity index (χ1n) is 8.48. The maximum Gasteiger partial charge on any atom is 0.304 e. The number of fused-ring (bicyclic) bond motifs is 1. The van der Waals surface area contributed by atoms with Crippen LogP contribution in [-0.4, -0.2) is 30.6 Å². The summed E-state index contributed by atoms with van der Waals surface area (Å²) in [5.41, 5.74) is 7.08. The summed E-state index contributed by atoms with van der Waals surface area (Å²) in [5, 5.41) is 10.8. The lowest BCUT2D eigenvalue weighted by molar-refractivity contribution is -0.137. The quantitative estimate of drug-likeness (QED) is 0.466. The van der Waals surface area contributed by atoms with Crippen LogP contribution in [0.4, 0.5) is 5.82 Å². The number of nitrogen functional groups attached to an aromatic ring is 1. The van der Waals surface area contributed by atoms with Gasteiger partial charge >= 0.3 is 5.97 Å². The number of carboxylic acid groups (broad SMARTS) is 1. The highest BCUT2D eigenvalue weighted by molar-refractivity contribution is 7.18. The largest absolute Gasteiger partial charge is 0.481 e. The number of carbonyl (C=O) groups is 1. The Hall–Kier alpha value is -2.97. The van der Waals surface area contributed by atoms with Crippen LogP contribution in [-0.2, 0) is 11.3 Å². The van der Waals surface area contributed by atoms with Gasteiger partial charge in [0.25, 0.3) is 0 Å². The van der Waals surface area contributed by atoms with Crippen LogP contribution in [0.3, 0.4) is 0 Å². The van der Waals surface area contributed by atoms with Gasteiger partial charge in [0.2, 0.25) is 0 Å². The summed E-state index contributed by atoms with van der Waals surface area (Å²) in [6.07, 6.45) is 5.10. The van der Waals surface area contributed by atoms with Crippen molar-refractivity contribution in [2.24, 2.45) is 0 Å². The molecule has 1 atom stereocenters.